The van der Waals surface area contributed by atoms with E-state index >= 15 is 0 Å². The van der Waals surface area contributed by atoms with Gasteiger partial charge in [0.05, 0.1) is 11.6 Å². The van der Waals surface area contributed by atoms with Crippen molar-refractivity contribution in [3.8, 4) is 11.5 Å². The third kappa shape index (κ3) is 5.18. The zero-order valence-corrected chi connectivity index (χ0v) is 16.4. The summed E-state index contributed by atoms with van der Waals surface area (Å²) in [4.78, 5) is 0. The molecular formula is C23H24ClNO2. The van der Waals surface area contributed by atoms with Crippen molar-refractivity contribution in [3.05, 3.63) is 88.4 Å². The molecule has 4 heteroatoms. The standard InChI is InChI=1S/C23H24ClNO2/c1-3-26-22-14-18(15-25-20-11-5-4-6-12-20)13-21(24)23(22)27-16-19-10-8-7-9-17(19)2/h4-14,25H,3,15-16H2,1-2H3. The van der Waals surface area contributed by atoms with E-state index in [1.54, 1.807) is 0 Å². The Morgan fingerprint density at radius 2 is 1.67 bits per heavy atom. The van der Waals surface area contributed by atoms with Crippen molar-refractivity contribution in [1.29, 1.82) is 0 Å². The molecule has 3 rings (SSSR count). The molecule has 0 aliphatic heterocycles. The van der Waals surface area contributed by atoms with Crippen LogP contribution in [0.1, 0.15) is 23.6 Å². The van der Waals surface area contributed by atoms with E-state index in [0.29, 0.717) is 36.3 Å². The second-order valence-electron chi connectivity index (χ2n) is 6.27. The molecule has 0 aliphatic rings. The third-order valence-electron chi connectivity index (χ3n) is 4.27. The van der Waals surface area contributed by atoms with Crippen LogP contribution in [-0.2, 0) is 13.2 Å². The zero-order chi connectivity index (χ0) is 19.1. The normalized spacial score (nSPS) is 10.5. The van der Waals surface area contributed by atoms with Crippen molar-refractivity contribution < 1.29 is 9.47 Å². The van der Waals surface area contributed by atoms with Gasteiger partial charge in [0.1, 0.15) is 6.61 Å². The summed E-state index contributed by atoms with van der Waals surface area (Å²) >= 11 is 6.53. The molecule has 3 aromatic carbocycles. The molecule has 0 atom stereocenters. The van der Waals surface area contributed by atoms with Gasteiger partial charge < -0.3 is 14.8 Å². The van der Waals surface area contributed by atoms with Crippen molar-refractivity contribution >= 4 is 17.3 Å². The van der Waals surface area contributed by atoms with Gasteiger partial charge in [-0.05, 0) is 54.8 Å². The molecule has 0 radical (unpaired) electrons. The summed E-state index contributed by atoms with van der Waals surface area (Å²) in [7, 11) is 0. The van der Waals surface area contributed by atoms with E-state index in [0.717, 1.165) is 16.8 Å². The Kier molecular flexibility index (Phi) is 6.61. The third-order valence-corrected chi connectivity index (χ3v) is 4.55. The highest BCUT2D eigenvalue weighted by molar-refractivity contribution is 6.32. The zero-order valence-electron chi connectivity index (χ0n) is 15.7. The average Bonchev–Trinajstić information content (AvgIpc) is 2.68. The maximum atomic E-state index is 6.53. The van der Waals surface area contributed by atoms with Gasteiger partial charge in [0.15, 0.2) is 11.5 Å². The average molecular weight is 382 g/mol. The minimum atomic E-state index is 0.452. The number of nitrogens with one attached hydrogen (secondary N) is 1. The van der Waals surface area contributed by atoms with E-state index in [2.05, 4.69) is 24.4 Å². The molecule has 0 saturated carbocycles. The summed E-state index contributed by atoms with van der Waals surface area (Å²) < 4.78 is 11.8. The van der Waals surface area contributed by atoms with Crippen LogP contribution in [0.5, 0.6) is 11.5 Å². The van der Waals surface area contributed by atoms with Gasteiger partial charge in [-0.1, -0.05) is 54.1 Å². The molecule has 1 N–H and O–H groups in total. The fraction of sp³-hybridized carbons (Fsp3) is 0.217. The number of anilines is 1. The van der Waals surface area contributed by atoms with E-state index < -0.39 is 0 Å². The molecule has 3 nitrogen and oxygen atoms in total. The van der Waals surface area contributed by atoms with E-state index in [4.69, 9.17) is 21.1 Å². The lowest BCUT2D eigenvalue weighted by Gasteiger charge is -2.16. The maximum Gasteiger partial charge on any atom is 0.180 e. The number of para-hydroxylation sites is 1. The lowest BCUT2D eigenvalue weighted by molar-refractivity contribution is 0.269. The number of hydrogen-bond acceptors (Lipinski definition) is 3. The summed E-state index contributed by atoms with van der Waals surface area (Å²) in [5.41, 5.74) is 4.42. The number of aryl methyl sites for hydroxylation is 1. The fourth-order valence-corrected chi connectivity index (χ4v) is 3.10. The van der Waals surface area contributed by atoms with Gasteiger partial charge >= 0.3 is 0 Å². The monoisotopic (exact) mass is 381 g/mol. The molecule has 0 aliphatic carbocycles. The van der Waals surface area contributed by atoms with Crippen molar-refractivity contribution in [2.45, 2.75) is 27.0 Å². The Morgan fingerprint density at radius 1 is 0.926 bits per heavy atom. The number of ether oxygens (including phenoxy) is 2. The van der Waals surface area contributed by atoms with Crippen molar-refractivity contribution in [3.63, 3.8) is 0 Å². The van der Waals surface area contributed by atoms with Gasteiger partial charge in [0, 0.05) is 12.2 Å². The lowest BCUT2D eigenvalue weighted by atomic mass is 10.1. The molecule has 0 spiro atoms. The number of benzene rings is 3. The minimum absolute atomic E-state index is 0.452. The molecule has 0 aromatic heterocycles. The Morgan fingerprint density at radius 3 is 2.41 bits per heavy atom. The Labute approximate surface area is 165 Å². The Balaban J connectivity index is 1.76. The van der Waals surface area contributed by atoms with Crippen LogP contribution in [0.2, 0.25) is 5.02 Å². The van der Waals surface area contributed by atoms with Gasteiger partial charge in [0.25, 0.3) is 0 Å². The predicted molar refractivity (Wildman–Crippen MR) is 112 cm³/mol. The van der Waals surface area contributed by atoms with Crippen LogP contribution in [0, 0.1) is 6.92 Å². The van der Waals surface area contributed by atoms with E-state index in [1.165, 1.54) is 5.56 Å². The summed E-state index contributed by atoms with van der Waals surface area (Å²) in [6.07, 6.45) is 0. The Hall–Kier alpha value is -2.65. The van der Waals surface area contributed by atoms with Gasteiger partial charge in [0.2, 0.25) is 0 Å². The fourth-order valence-electron chi connectivity index (χ4n) is 2.81. The first-order chi connectivity index (χ1) is 13.2. The van der Waals surface area contributed by atoms with Gasteiger partial charge in [-0.3, -0.25) is 0 Å². The highest BCUT2D eigenvalue weighted by atomic mass is 35.5. The topological polar surface area (TPSA) is 30.5 Å². The van der Waals surface area contributed by atoms with Crippen LogP contribution in [0.25, 0.3) is 0 Å². The molecule has 0 unspecified atom stereocenters. The smallest absolute Gasteiger partial charge is 0.180 e. The SMILES string of the molecule is CCOc1cc(CNc2ccccc2)cc(Cl)c1OCc1ccccc1C. The lowest BCUT2D eigenvalue weighted by Crippen LogP contribution is -2.04. The number of halogens is 1. The summed E-state index contributed by atoms with van der Waals surface area (Å²) in [6.45, 7) is 5.68. The quantitative estimate of drug-likeness (QED) is 0.501. The molecule has 0 bridgehead atoms. The molecule has 0 saturated heterocycles. The predicted octanol–water partition coefficient (Wildman–Crippen LogP) is 6.24. The minimum Gasteiger partial charge on any atom is -0.490 e. The number of rotatable bonds is 8. The first-order valence-electron chi connectivity index (χ1n) is 9.09. The van der Waals surface area contributed by atoms with Crippen molar-refractivity contribution in [2.24, 2.45) is 0 Å². The van der Waals surface area contributed by atoms with Crippen LogP contribution < -0.4 is 14.8 Å². The largest absolute Gasteiger partial charge is 0.490 e. The summed E-state index contributed by atoms with van der Waals surface area (Å²) in [5.74, 6) is 1.26. The molecule has 3 aromatic rings. The van der Waals surface area contributed by atoms with Crippen LogP contribution in [0.15, 0.2) is 66.7 Å². The first-order valence-corrected chi connectivity index (χ1v) is 9.46. The molecule has 0 fully saturated rings. The Bertz CT molecular complexity index is 881. The molecule has 0 heterocycles. The van der Waals surface area contributed by atoms with E-state index in [-0.39, 0.29) is 0 Å². The van der Waals surface area contributed by atoms with Gasteiger partial charge in [-0.15, -0.1) is 0 Å². The second kappa shape index (κ2) is 9.33. The van der Waals surface area contributed by atoms with Crippen LogP contribution in [-0.4, -0.2) is 6.61 Å². The van der Waals surface area contributed by atoms with Crippen molar-refractivity contribution in [2.75, 3.05) is 11.9 Å². The summed E-state index contributed by atoms with van der Waals surface area (Å²) in [6, 6.07) is 22.1. The maximum absolute atomic E-state index is 6.53. The summed E-state index contributed by atoms with van der Waals surface area (Å²) in [5, 5.41) is 3.94. The van der Waals surface area contributed by atoms with Crippen LogP contribution in [0.4, 0.5) is 5.69 Å². The van der Waals surface area contributed by atoms with Crippen molar-refractivity contribution in [1.82, 2.24) is 0 Å². The van der Waals surface area contributed by atoms with Gasteiger partial charge in [-0.25, -0.2) is 0 Å². The highest BCUT2D eigenvalue weighted by Gasteiger charge is 2.13. The first kappa shape index (κ1) is 19.1. The number of hydrogen-bond donors (Lipinski definition) is 1. The molecule has 27 heavy (non-hydrogen) atoms. The molecular weight excluding hydrogens is 358 g/mol. The molecule has 0 amide bonds. The van der Waals surface area contributed by atoms with Crippen LogP contribution >= 0.6 is 11.6 Å². The molecule has 140 valence electrons. The van der Waals surface area contributed by atoms with E-state index in [1.807, 2.05) is 61.5 Å². The van der Waals surface area contributed by atoms with Crippen LogP contribution in [0.3, 0.4) is 0 Å². The van der Waals surface area contributed by atoms with E-state index in [9.17, 15) is 0 Å². The van der Waals surface area contributed by atoms with Gasteiger partial charge in [-0.2, -0.15) is 0 Å². The highest BCUT2D eigenvalue weighted by Crippen LogP contribution is 2.37. The second-order valence-corrected chi connectivity index (χ2v) is 6.68.